The molecule has 0 aliphatic rings. The summed E-state index contributed by atoms with van der Waals surface area (Å²) in [7, 11) is 0. The Morgan fingerprint density at radius 2 is 2.09 bits per heavy atom. The number of alkyl halides is 3. The molecular weight excluding hydrogens is 349 g/mol. The van der Waals surface area contributed by atoms with E-state index in [9.17, 15) is 18.0 Å². The van der Waals surface area contributed by atoms with E-state index < -0.39 is 17.6 Å². The zero-order valence-electron chi connectivity index (χ0n) is 11.3. The number of amides is 1. The number of halogens is 4. The van der Waals surface area contributed by atoms with Crippen molar-refractivity contribution in [3.05, 3.63) is 56.7 Å². The van der Waals surface area contributed by atoms with Crippen LogP contribution >= 0.6 is 22.9 Å². The lowest BCUT2D eigenvalue weighted by molar-refractivity contribution is -0.137. The third kappa shape index (κ3) is 4.34. The molecule has 0 aliphatic carbocycles. The van der Waals surface area contributed by atoms with Crippen molar-refractivity contribution in [3.8, 4) is 6.07 Å². The van der Waals surface area contributed by atoms with Crippen LogP contribution in [0.2, 0.25) is 5.02 Å². The Balaban J connectivity index is 2.28. The Morgan fingerprint density at radius 3 is 2.65 bits per heavy atom. The number of carbonyl (C=O) groups excluding carboxylic acids is 1. The quantitative estimate of drug-likeness (QED) is 0.623. The Morgan fingerprint density at radius 1 is 1.35 bits per heavy atom. The first-order chi connectivity index (χ1) is 10.8. The Labute approximate surface area is 138 Å². The van der Waals surface area contributed by atoms with Gasteiger partial charge in [-0.3, -0.25) is 4.79 Å². The summed E-state index contributed by atoms with van der Waals surface area (Å²) >= 11 is 7.18. The topological polar surface area (TPSA) is 52.9 Å². The predicted octanol–water partition coefficient (Wildman–Crippen LogP) is 4.97. The number of nitriles is 1. The largest absolute Gasteiger partial charge is 0.416 e. The second-order valence-electron chi connectivity index (χ2n) is 4.37. The first-order valence-corrected chi connectivity index (χ1v) is 7.45. The normalized spacial score (nSPS) is 11.9. The summed E-state index contributed by atoms with van der Waals surface area (Å²) in [5.74, 6) is -0.833. The molecule has 0 saturated heterocycles. The van der Waals surface area contributed by atoms with Gasteiger partial charge in [-0.05, 0) is 46.7 Å². The Kier molecular flexibility index (Phi) is 5.08. The number of carbonyl (C=O) groups is 1. The van der Waals surface area contributed by atoms with E-state index in [0.29, 0.717) is 5.56 Å². The highest BCUT2D eigenvalue weighted by Gasteiger charge is 2.31. The number of rotatable bonds is 3. The summed E-state index contributed by atoms with van der Waals surface area (Å²) in [6, 6.07) is 5.98. The van der Waals surface area contributed by atoms with E-state index in [-0.39, 0.29) is 16.3 Å². The molecule has 1 aromatic carbocycles. The lowest BCUT2D eigenvalue weighted by atomic mass is 10.1. The fourth-order valence-corrected chi connectivity index (χ4v) is 2.44. The molecule has 1 amide bonds. The second-order valence-corrected chi connectivity index (χ2v) is 5.56. The minimum Gasteiger partial charge on any atom is -0.320 e. The van der Waals surface area contributed by atoms with E-state index in [1.165, 1.54) is 17.4 Å². The van der Waals surface area contributed by atoms with Crippen LogP contribution < -0.4 is 5.32 Å². The average Bonchev–Trinajstić information content (AvgIpc) is 2.98. The minimum absolute atomic E-state index is 0.0563. The van der Waals surface area contributed by atoms with Crippen LogP contribution in [-0.2, 0) is 11.0 Å². The van der Waals surface area contributed by atoms with E-state index in [1.807, 2.05) is 0 Å². The summed E-state index contributed by atoms with van der Waals surface area (Å²) in [4.78, 5) is 12.0. The number of anilines is 1. The molecule has 0 atom stereocenters. The minimum atomic E-state index is -4.56. The van der Waals surface area contributed by atoms with Crippen LogP contribution in [-0.4, -0.2) is 5.91 Å². The lowest BCUT2D eigenvalue weighted by Crippen LogP contribution is -2.15. The maximum Gasteiger partial charge on any atom is 0.416 e. The zero-order valence-corrected chi connectivity index (χ0v) is 12.9. The highest BCUT2D eigenvalue weighted by atomic mass is 35.5. The first kappa shape index (κ1) is 17.1. The van der Waals surface area contributed by atoms with Gasteiger partial charge in [0.15, 0.2) is 0 Å². The number of nitrogens with zero attached hydrogens (tertiary/aromatic N) is 1. The molecule has 0 saturated carbocycles. The van der Waals surface area contributed by atoms with Crippen LogP contribution in [0.15, 0.2) is 40.6 Å². The van der Waals surface area contributed by atoms with Crippen molar-refractivity contribution in [2.75, 3.05) is 5.32 Å². The van der Waals surface area contributed by atoms with Gasteiger partial charge in [-0.1, -0.05) is 11.6 Å². The molecule has 8 heteroatoms. The van der Waals surface area contributed by atoms with Crippen molar-refractivity contribution >= 4 is 40.6 Å². The first-order valence-electron chi connectivity index (χ1n) is 6.13. The van der Waals surface area contributed by atoms with Crippen LogP contribution in [0.4, 0.5) is 18.9 Å². The molecule has 0 fully saturated rings. The van der Waals surface area contributed by atoms with Crippen molar-refractivity contribution < 1.29 is 18.0 Å². The van der Waals surface area contributed by atoms with Gasteiger partial charge in [-0.25, -0.2) is 0 Å². The predicted molar refractivity (Wildman–Crippen MR) is 83.0 cm³/mol. The Hall–Kier alpha value is -2.30. The standard InChI is InChI=1S/C15H8ClF3N2OS/c16-12-2-1-11(15(17,18)19)6-13(12)21-14(22)10(7-20)5-9-3-4-23-8-9/h1-6,8H,(H,21,22)/b10-5+. The number of thiophene rings is 1. The van der Waals surface area contributed by atoms with E-state index in [1.54, 1.807) is 22.9 Å². The highest BCUT2D eigenvalue weighted by molar-refractivity contribution is 7.08. The van der Waals surface area contributed by atoms with Gasteiger partial charge in [0, 0.05) is 0 Å². The molecule has 3 nitrogen and oxygen atoms in total. The summed E-state index contributed by atoms with van der Waals surface area (Å²) in [6.45, 7) is 0. The molecule has 23 heavy (non-hydrogen) atoms. The molecule has 0 unspecified atom stereocenters. The summed E-state index contributed by atoms with van der Waals surface area (Å²) < 4.78 is 38.1. The van der Waals surface area contributed by atoms with Crippen molar-refractivity contribution in [1.29, 1.82) is 5.26 Å². The molecule has 0 bridgehead atoms. The maximum atomic E-state index is 12.7. The molecule has 0 radical (unpaired) electrons. The van der Waals surface area contributed by atoms with Gasteiger partial charge in [0.25, 0.3) is 5.91 Å². The van der Waals surface area contributed by atoms with E-state index >= 15 is 0 Å². The zero-order chi connectivity index (χ0) is 17.0. The van der Waals surface area contributed by atoms with Crippen LogP contribution in [0.5, 0.6) is 0 Å². The molecule has 1 heterocycles. The fourth-order valence-electron chi connectivity index (χ4n) is 1.66. The fraction of sp³-hybridized carbons (Fsp3) is 0.0667. The van der Waals surface area contributed by atoms with Crippen LogP contribution in [0.1, 0.15) is 11.1 Å². The molecule has 1 aromatic heterocycles. The third-order valence-electron chi connectivity index (χ3n) is 2.76. The van der Waals surface area contributed by atoms with Crippen molar-refractivity contribution in [1.82, 2.24) is 0 Å². The molecular formula is C15H8ClF3N2OS. The van der Waals surface area contributed by atoms with Gasteiger partial charge in [-0.2, -0.15) is 29.8 Å². The average molecular weight is 357 g/mol. The molecule has 2 rings (SSSR count). The monoisotopic (exact) mass is 356 g/mol. The van der Waals surface area contributed by atoms with Gasteiger partial charge in [0.1, 0.15) is 11.6 Å². The summed E-state index contributed by atoms with van der Waals surface area (Å²) in [5.41, 5.74) is -0.746. The number of hydrogen-bond acceptors (Lipinski definition) is 3. The molecule has 0 spiro atoms. The SMILES string of the molecule is N#C/C(=C\c1ccsc1)C(=O)Nc1cc(C(F)(F)F)ccc1Cl. The smallest absolute Gasteiger partial charge is 0.320 e. The maximum absolute atomic E-state index is 12.7. The van der Waals surface area contributed by atoms with Crippen LogP contribution in [0.3, 0.4) is 0 Å². The second kappa shape index (κ2) is 6.86. The van der Waals surface area contributed by atoms with Gasteiger partial charge in [-0.15, -0.1) is 0 Å². The van der Waals surface area contributed by atoms with Crippen LogP contribution in [0.25, 0.3) is 6.08 Å². The van der Waals surface area contributed by atoms with Gasteiger partial charge < -0.3 is 5.32 Å². The number of benzene rings is 1. The van der Waals surface area contributed by atoms with Crippen LogP contribution in [0, 0.1) is 11.3 Å². The van der Waals surface area contributed by atoms with E-state index in [4.69, 9.17) is 16.9 Å². The van der Waals surface area contributed by atoms with E-state index in [2.05, 4.69) is 5.32 Å². The molecule has 2 aromatic rings. The van der Waals surface area contributed by atoms with Gasteiger partial charge >= 0.3 is 6.18 Å². The lowest BCUT2D eigenvalue weighted by Gasteiger charge is -2.11. The summed E-state index contributed by atoms with van der Waals surface area (Å²) in [6.07, 6.45) is -3.22. The van der Waals surface area contributed by atoms with Crippen molar-refractivity contribution in [2.24, 2.45) is 0 Å². The van der Waals surface area contributed by atoms with Crippen molar-refractivity contribution in [2.45, 2.75) is 6.18 Å². The molecule has 118 valence electrons. The highest BCUT2D eigenvalue weighted by Crippen LogP contribution is 2.34. The molecule has 0 aliphatic heterocycles. The number of nitrogens with one attached hydrogen (secondary N) is 1. The number of hydrogen-bond donors (Lipinski definition) is 1. The molecule has 1 N–H and O–H groups in total. The summed E-state index contributed by atoms with van der Waals surface area (Å²) in [5, 5.41) is 14.7. The Bertz CT molecular complexity index is 792. The van der Waals surface area contributed by atoms with Crippen molar-refractivity contribution in [3.63, 3.8) is 0 Å². The third-order valence-corrected chi connectivity index (χ3v) is 3.79. The van der Waals surface area contributed by atoms with Gasteiger partial charge in [0.05, 0.1) is 16.3 Å². The van der Waals surface area contributed by atoms with E-state index in [0.717, 1.165) is 18.2 Å². The van der Waals surface area contributed by atoms with Gasteiger partial charge in [0.2, 0.25) is 0 Å².